The van der Waals surface area contributed by atoms with Crippen molar-refractivity contribution in [3.63, 3.8) is 0 Å². The molecule has 3 aromatic heterocycles. The lowest BCUT2D eigenvalue weighted by atomic mass is 9.81. The molecule has 2 aliphatic rings. The van der Waals surface area contributed by atoms with E-state index in [9.17, 15) is 18.4 Å². The molecule has 3 aromatic rings. The normalized spacial score (nSPS) is 19.4. The quantitative estimate of drug-likeness (QED) is 0.480. The van der Waals surface area contributed by atoms with E-state index in [2.05, 4.69) is 20.8 Å². The number of carbonyl (C=O) groups is 2. The van der Waals surface area contributed by atoms with Gasteiger partial charge in [-0.3, -0.25) is 9.48 Å². The van der Waals surface area contributed by atoms with Gasteiger partial charge in [0, 0.05) is 44.7 Å². The predicted octanol–water partition coefficient (Wildman–Crippen LogP) is 4.11. The molecule has 1 atom stereocenters. The highest BCUT2D eigenvalue weighted by molar-refractivity contribution is 5.92. The Morgan fingerprint density at radius 2 is 2.03 bits per heavy atom. The molecule has 1 aliphatic carbocycles. The van der Waals surface area contributed by atoms with Crippen LogP contribution in [0, 0.1) is 5.92 Å². The van der Waals surface area contributed by atoms with Gasteiger partial charge < -0.3 is 15.5 Å². The number of imidazole rings is 1. The Kier molecular flexibility index (Phi) is 7.31. The molecular weight excluding hydrogens is 494 g/mol. The number of aromatic nitrogens is 5. The van der Waals surface area contributed by atoms with Gasteiger partial charge >= 0.3 is 6.03 Å². The van der Waals surface area contributed by atoms with Crippen LogP contribution in [0.25, 0.3) is 5.65 Å². The van der Waals surface area contributed by atoms with Crippen LogP contribution >= 0.6 is 0 Å². The number of fused-ring (bicyclic) bond motifs is 1. The van der Waals surface area contributed by atoms with Gasteiger partial charge in [-0.2, -0.15) is 10.2 Å². The Bertz CT molecular complexity index is 1290. The standard InChI is InChI=1S/C26H34F2N8O2/c1-17(2)36-21(7-11-30-36)24(37)33-23(19-5-8-26(27,28)9-6-19)20-16-35-22(32-20)13-18(14-31-35)15-34-12-4-3-10-29-25(34)38/h7,11,13-14,16-17,19,23H,3-6,8-10,12,15H2,1-2H3,(H,29,38)(H,33,37)/t23-/m0/s1. The molecule has 0 aromatic carbocycles. The van der Waals surface area contributed by atoms with Crippen molar-refractivity contribution in [1.82, 2.24) is 39.9 Å². The summed E-state index contributed by atoms with van der Waals surface area (Å²) in [7, 11) is 0. The van der Waals surface area contributed by atoms with Gasteiger partial charge in [0.25, 0.3) is 5.91 Å². The molecule has 3 amide bonds. The first-order chi connectivity index (χ1) is 18.2. The second-order valence-electron chi connectivity index (χ2n) is 10.6. The Morgan fingerprint density at radius 1 is 1.24 bits per heavy atom. The first-order valence-corrected chi connectivity index (χ1v) is 13.3. The minimum absolute atomic E-state index is 0.0123. The molecular formula is C26H34F2N8O2. The molecule has 0 unspecified atom stereocenters. The zero-order chi connectivity index (χ0) is 26.9. The monoisotopic (exact) mass is 528 g/mol. The van der Waals surface area contributed by atoms with Crippen LogP contribution in [0.4, 0.5) is 13.6 Å². The second kappa shape index (κ2) is 10.7. The fourth-order valence-electron chi connectivity index (χ4n) is 5.33. The van der Waals surface area contributed by atoms with Crippen LogP contribution in [0.5, 0.6) is 0 Å². The summed E-state index contributed by atoms with van der Waals surface area (Å²) in [5.41, 5.74) is 2.39. The van der Waals surface area contributed by atoms with Crippen molar-refractivity contribution < 1.29 is 18.4 Å². The summed E-state index contributed by atoms with van der Waals surface area (Å²) in [6, 6.07) is 2.86. The van der Waals surface area contributed by atoms with E-state index in [4.69, 9.17) is 4.98 Å². The van der Waals surface area contributed by atoms with Gasteiger partial charge in [0.05, 0.1) is 24.1 Å². The molecule has 204 valence electrons. The van der Waals surface area contributed by atoms with E-state index in [0.29, 0.717) is 36.7 Å². The number of urea groups is 1. The minimum atomic E-state index is -2.68. The molecule has 38 heavy (non-hydrogen) atoms. The van der Waals surface area contributed by atoms with Crippen LogP contribution in [-0.4, -0.2) is 60.2 Å². The Balaban J connectivity index is 1.41. The van der Waals surface area contributed by atoms with E-state index in [1.807, 2.05) is 19.9 Å². The number of nitrogens with one attached hydrogen (secondary N) is 2. The zero-order valence-corrected chi connectivity index (χ0v) is 21.7. The molecule has 1 saturated heterocycles. The molecule has 12 heteroatoms. The maximum absolute atomic E-state index is 14.0. The minimum Gasteiger partial charge on any atom is -0.342 e. The van der Waals surface area contributed by atoms with Crippen molar-refractivity contribution in [3.8, 4) is 0 Å². The van der Waals surface area contributed by atoms with Gasteiger partial charge in [-0.05, 0) is 63.1 Å². The zero-order valence-electron chi connectivity index (χ0n) is 21.7. The summed E-state index contributed by atoms with van der Waals surface area (Å²) in [5, 5.41) is 14.7. The average Bonchev–Trinajstić information content (AvgIpc) is 3.49. The number of rotatable bonds is 7. The molecule has 10 nitrogen and oxygen atoms in total. The first-order valence-electron chi connectivity index (χ1n) is 13.3. The summed E-state index contributed by atoms with van der Waals surface area (Å²) in [5.74, 6) is -3.20. The maximum Gasteiger partial charge on any atom is 0.317 e. The van der Waals surface area contributed by atoms with Gasteiger partial charge in [0.15, 0.2) is 5.65 Å². The molecule has 1 saturated carbocycles. The molecule has 1 aliphatic heterocycles. The highest BCUT2D eigenvalue weighted by Crippen LogP contribution is 2.41. The van der Waals surface area contributed by atoms with E-state index in [1.54, 1.807) is 38.8 Å². The van der Waals surface area contributed by atoms with Crippen LogP contribution in [-0.2, 0) is 6.54 Å². The molecule has 4 heterocycles. The lowest BCUT2D eigenvalue weighted by Crippen LogP contribution is -2.38. The van der Waals surface area contributed by atoms with E-state index in [-0.39, 0.29) is 49.6 Å². The van der Waals surface area contributed by atoms with Crippen LogP contribution in [0.2, 0.25) is 0 Å². The Labute approximate surface area is 219 Å². The van der Waals surface area contributed by atoms with Crippen molar-refractivity contribution in [2.75, 3.05) is 13.1 Å². The number of carbonyl (C=O) groups excluding carboxylic acids is 2. The van der Waals surface area contributed by atoms with E-state index in [1.165, 1.54) is 0 Å². The van der Waals surface area contributed by atoms with Gasteiger partial charge in [0.1, 0.15) is 5.69 Å². The number of alkyl halides is 2. The molecule has 0 spiro atoms. The molecule has 0 bridgehead atoms. The summed E-state index contributed by atoms with van der Waals surface area (Å²) in [4.78, 5) is 32.2. The third kappa shape index (κ3) is 5.63. The van der Waals surface area contributed by atoms with Gasteiger partial charge in [-0.1, -0.05) is 0 Å². The highest BCUT2D eigenvalue weighted by atomic mass is 19.3. The average molecular weight is 529 g/mol. The lowest BCUT2D eigenvalue weighted by Gasteiger charge is -2.33. The van der Waals surface area contributed by atoms with Crippen molar-refractivity contribution >= 4 is 17.6 Å². The third-order valence-electron chi connectivity index (χ3n) is 7.42. The van der Waals surface area contributed by atoms with Gasteiger partial charge in [-0.15, -0.1) is 0 Å². The van der Waals surface area contributed by atoms with Gasteiger partial charge in [0.2, 0.25) is 5.92 Å². The largest absolute Gasteiger partial charge is 0.342 e. The van der Waals surface area contributed by atoms with E-state index >= 15 is 0 Å². The number of nitrogens with zero attached hydrogens (tertiary/aromatic N) is 6. The Hall–Kier alpha value is -3.57. The number of halogens is 2. The number of hydrogen-bond donors (Lipinski definition) is 2. The molecule has 2 N–H and O–H groups in total. The fraction of sp³-hybridized carbons (Fsp3) is 0.577. The van der Waals surface area contributed by atoms with Crippen molar-refractivity contribution in [2.45, 2.75) is 76.9 Å². The fourth-order valence-corrected chi connectivity index (χ4v) is 5.33. The summed E-state index contributed by atoms with van der Waals surface area (Å²) in [6.45, 7) is 5.63. The van der Waals surface area contributed by atoms with Crippen LogP contribution in [0.3, 0.4) is 0 Å². The third-order valence-corrected chi connectivity index (χ3v) is 7.42. The summed E-state index contributed by atoms with van der Waals surface area (Å²) < 4.78 is 31.2. The second-order valence-corrected chi connectivity index (χ2v) is 10.6. The molecule has 0 radical (unpaired) electrons. The van der Waals surface area contributed by atoms with Crippen LogP contribution < -0.4 is 10.6 Å². The van der Waals surface area contributed by atoms with Gasteiger partial charge in [-0.25, -0.2) is 23.1 Å². The lowest BCUT2D eigenvalue weighted by molar-refractivity contribution is -0.0495. The van der Waals surface area contributed by atoms with E-state index < -0.39 is 12.0 Å². The predicted molar refractivity (Wildman–Crippen MR) is 136 cm³/mol. The molecule has 2 fully saturated rings. The number of amides is 3. The first kappa shape index (κ1) is 26.1. The van der Waals surface area contributed by atoms with Crippen LogP contribution in [0.1, 0.15) is 86.2 Å². The van der Waals surface area contributed by atoms with E-state index in [0.717, 1.165) is 18.4 Å². The SMILES string of the molecule is CC(C)n1nccc1C(=O)N[C@H](c1cn2ncc(CN3CCCCNC3=O)cc2n1)C1CCC(F)(F)CC1. The van der Waals surface area contributed by atoms with Crippen molar-refractivity contribution in [3.05, 3.63) is 47.7 Å². The molecule has 5 rings (SSSR count). The van der Waals surface area contributed by atoms with Crippen LogP contribution in [0.15, 0.2) is 30.7 Å². The highest BCUT2D eigenvalue weighted by Gasteiger charge is 2.39. The maximum atomic E-state index is 14.0. The summed E-state index contributed by atoms with van der Waals surface area (Å²) >= 11 is 0. The van der Waals surface area contributed by atoms with Crippen molar-refractivity contribution in [1.29, 1.82) is 0 Å². The van der Waals surface area contributed by atoms with Crippen molar-refractivity contribution in [2.24, 2.45) is 5.92 Å². The smallest absolute Gasteiger partial charge is 0.317 e. The summed E-state index contributed by atoms with van der Waals surface area (Å²) in [6.07, 6.45) is 7.01. The topological polar surface area (TPSA) is 109 Å². The Morgan fingerprint density at radius 3 is 2.79 bits per heavy atom. The number of hydrogen-bond acceptors (Lipinski definition) is 5.